The molecular formula is C23H23ClN4O4. The van der Waals surface area contributed by atoms with Crippen LogP contribution in [0.5, 0.6) is 0 Å². The van der Waals surface area contributed by atoms with Crippen LogP contribution in [0.1, 0.15) is 37.0 Å². The summed E-state index contributed by atoms with van der Waals surface area (Å²) in [6.07, 6.45) is -0.669. The average molecular weight is 455 g/mol. The molecule has 166 valence electrons. The molecule has 9 heteroatoms. The van der Waals surface area contributed by atoms with Gasteiger partial charge in [-0.25, -0.2) is 9.48 Å². The Labute approximate surface area is 190 Å². The Balaban J connectivity index is 1.88. The van der Waals surface area contributed by atoms with Crippen LogP contribution in [0.4, 0.5) is 16.2 Å². The van der Waals surface area contributed by atoms with Gasteiger partial charge in [0.1, 0.15) is 5.60 Å². The topological polar surface area (TPSA) is 102 Å². The van der Waals surface area contributed by atoms with E-state index in [-0.39, 0.29) is 5.69 Å². The Morgan fingerprint density at radius 3 is 2.19 bits per heavy atom. The summed E-state index contributed by atoms with van der Waals surface area (Å²) in [6, 6.07) is 14.8. The lowest BCUT2D eigenvalue weighted by Gasteiger charge is -2.20. The van der Waals surface area contributed by atoms with Gasteiger partial charge >= 0.3 is 6.09 Å². The number of carbonyl (C=O) groups is 2. The molecule has 0 spiro atoms. The lowest BCUT2D eigenvalue weighted by molar-refractivity contribution is 0.0635. The standard InChI is InChI=1S/C23H23ClN4O4/c1-14-13-19(29)20(27-28(14)16-11-9-15(24)10-12-16)21(30)25-17-7-5-6-8-18(17)26-22(31)32-23(2,3)4/h5-13H,1-4H3,(H,25,30)(H,26,31). The summed E-state index contributed by atoms with van der Waals surface area (Å²) < 4.78 is 6.74. The highest BCUT2D eigenvalue weighted by atomic mass is 35.5. The zero-order chi connectivity index (χ0) is 23.5. The van der Waals surface area contributed by atoms with Crippen LogP contribution in [0.3, 0.4) is 0 Å². The van der Waals surface area contributed by atoms with E-state index in [0.717, 1.165) is 0 Å². The highest BCUT2D eigenvalue weighted by molar-refractivity contribution is 6.30. The largest absolute Gasteiger partial charge is 0.444 e. The van der Waals surface area contributed by atoms with Crippen molar-refractivity contribution in [3.05, 3.63) is 81.2 Å². The molecule has 0 bridgehead atoms. The molecule has 0 radical (unpaired) electrons. The number of aryl methyl sites for hydroxylation is 1. The van der Waals surface area contributed by atoms with Crippen LogP contribution in [-0.2, 0) is 4.74 Å². The quantitative estimate of drug-likeness (QED) is 0.589. The number of aromatic nitrogens is 2. The lowest BCUT2D eigenvalue weighted by atomic mass is 10.2. The van der Waals surface area contributed by atoms with E-state index in [9.17, 15) is 14.4 Å². The maximum absolute atomic E-state index is 12.9. The van der Waals surface area contributed by atoms with Crippen LogP contribution in [0, 0.1) is 6.92 Å². The van der Waals surface area contributed by atoms with E-state index < -0.39 is 23.0 Å². The predicted octanol–water partition coefficient (Wildman–Crippen LogP) is 4.79. The monoisotopic (exact) mass is 454 g/mol. The molecule has 0 saturated carbocycles. The third kappa shape index (κ3) is 5.73. The van der Waals surface area contributed by atoms with Gasteiger partial charge in [0, 0.05) is 16.8 Å². The number of hydrogen-bond donors (Lipinski definition) is 2. The molecule has 0 aliphatic rings. The molecule has 2 N–H and O–H groups in total. The first kappa shape index (κ1) is 23.0. The lowest BCUT2D eigenvalue weighted by Crippen LogP contribution is -2.29. The fourth-order valence-electron chi connectivity index (χ4n) is 2.84. The molecule has 32 heavy (non-hydrogen) atoms. The smallest absolute Gasteiger partial charge is 0.412 e. The van der Waals surface area contributed by atoms with Crippen molar-refractivity contribution in [2.24, 2.45) is 0 Å². The number of amides is 2. The number of carbonyl (C=O) groups excluding carboxylic acids is 2. The summed E-state index contributed by atoms with van der Waals surface area (Å²) in [7, 11) is 0. The fraction of sp³-hybridized carbons (Fsp3) is 0.217. The Bertz CT molecular complexity index is 1210. The van der Waals surface area contributed by atoms with Crippen LogP contribution in [0.25, 0.3) is 5.69 Å². The third-order valence-electron chi connectivity index (χ3n) is 4.20. The summed E-state index contributed by atoms with van der Waals surface area (Å²) in [5, 5.41) is 10.0. The van der Waals surface area contributed by atoms with Crippen molar-refractivity contribution in [2.75, 3.05) is 10.6 Å². The van der Waals surface area contributed by atoms with E-state index in [1.54, 1.807) is 76.2 Å². The van der Waals surface area contributed by atoms with Gasteiger partial charge in [0.25, 0.3) is 5.91 Å². The van der Waals surface area contributed by atoms with Gasteiger partial charge in [0.2, 0.25) is 5.43 Å². The summed E-state index contributed by atoms with van der Waals surface area (Å²) in [4.78, 5) is 37.5. The molecule has 0 aliphatic carbocycles. The minimum atomic E-state index is -0.712. The van der Waals surface area contributed by atoms with Gasteiger partial charge in [0.15, 0.2) is 5.69 Å². The summed E-state index contributed by atoms with van der Waals surface area (Å²) in [5.41, 5.74) is 0.318. The third-order valence-corrected chi connectivity index (χ3v) is 4.46. The first-order chi connectivity index (χ1) is 15.0. The van der Waals surface area contributed by atoms with Gasteiger partial charge in [-0.2, -0.15) is 5.10 Å². The second-order valence-electron chi connectivity index (χ2n) is 8.01. The highest BCUT2D eigenvalue weighted by Gasteiger charge is 2.20. The maximum atomic E-state index is 12.9. The Morgan fingerprint density at radius 2 is 1.59 bits per heavy atom. The Morgan fingerprint density at radius 1 is 1.00 bits per heavy atom. The Hall–Kier alpha value is -3.65. The second-order valence-corrected chi connectivity index (χ2v) is 8.45. The number of hydrogen-bond acceptors (Lipinski definition) is 5. The van der Waals surface area contributed by atoms with Crippen molar-refractivity contribution >= 4 is 35.0 Å². The van der Waals surface area contributed by atoms with Gasteiger partial charge in [0.05, 0.1) is 17.1 Å². The van der Waals surface area contributed by atoms with Crippen molar-refractivity contribution in [1.82, 2.24) is 9.78 Å². The molecule has 0 aliphatic heterocycles. The molecule has 1 heterocycles. The highest BCUT2D eigenvalue weighted by Crippen LogP contribution is 2.22. The van der Waals surface area contributed by atoms with Crippen LogP contribution in [0.2, 0.25) is 5.02 Å². The maximum Gasteiger partial charge on any atom is 0.412 e. The Kier molecular flexibility index (Phi) is 6.64. The molecule has 0 saturated heterocycles. The predicted molar refractivity (Wildman–Crippen MR) is 124 cm³/mol. The molecule has 8 nitrogen and oxygen atoms in total. The number of ether oxygens (including phenoxy) is 1. The van der Waals surface area contributed by atoms with E-state index in [0.29, 0.717) is 27.8 Å². The first-order valence-electron chi connectivity index (χ1n) is 9.81. The van der Waals surface area contributed by atoms with E-state index in [4.69, 9.17) is 16.3 Å². The SMILES string of the molecule is Cc1cc(=O)c(C(=O)Nc2ccccc2NC(=O)OC(C)(C)C)nn1-c1ccc(Cl)cc1. The molecule has 2 amide bonds. The zero-order valence-electron chi connectivity index (χ0n) is 18.1. The van der Waals surface area contributed by atoms with E-state index in [1.165, 1.54) is 10.7 Å². The summed E-state index contributed by atoms with van der Waals surface area (Å²) in [6.45, 7) is 6.95. The van der Waals surface area contributed by atoms with Gasteiger partial charge < -0.3 is 10.1 Å². The van der Waals surface area contributed by atoms with E-state index >= 15 is 0 Å². The van der Waals surface area contributed by atoms with Gasteiger partial charge in [-0.3, -0.25) is 14.9 Å². The van der Waals surface area contributed by atoms with E-state index in [1.807, 2.05) is 0 Å². The fourth-order valence-corrected chi connectivity index (χ4v) is 2.97. The van der Waals surface area contributed by atoms with Crippen LogP contribution in [-0.4, -0.2) is 27.4 Å². The second kappa shape index (κ2) is 9.23. The first-order valence-corrected chi connectivity index (χ1v) is 10.2. The van der Waals surface area contributed by atoms with Gasteiger partial charge in [-0.05, 0) is 64.1 Å². The average Bonchev–Trinajstić information content (AvgIpc) is 2.69. The van der Waals surface area contributed by atoms with Crippen LogP contribution >= 0.6 is 11.6 Å². The van der Waals surface area contributed by atoms with Crippen molar-refractivity contribution in [2.45, 2.75) is 33.3 Å². The molecule has 3 aromatic rings. The van der Waals surface area contributed by atoms with Gasteiger partial charge in [-0.15, -0.1) is 0 Å². The van der Waals surface area contributed by atoms with Crippen LogP contribution in [0.15, 0.2) is 59.4 Å². The minimum Gasteiger partial charge on any atom is -0.444 e. The summed E-state index contributed by atoms with van der Waals surface area (Å²) >= 11 is 5.94. The molecule has 2 aromatic carbocycles. The zero-order valence-corrected chi connectivity index (χ0v) is 18.9. The summed E-state index contributed by atoms with van der Waals surface area (Å²) in [5.74, 6) is -0.712. The molecule has 0 fully saturated rings. The van der Waals surface area contributed by atoms with Crippen molar-refractivity contribution in [1.29, 1.82) is 0 Å². The normalized spacial score (nSPS) is 11.0. The van der Waals surface area contributed by atoms with Crippen LogP contribution < -0.4 is 16.1 Å². The molecular weight excluding hydrogens is 432 g/mol. The number of rotatable bonds is 4. The van der Waals surface area contributed by atoms with E-state index in [2.05, 4.69) is 15.7 Å². The van der Waals surface area contributed by atoms with Gasteiger partial charge in [-0.1, -0.05) is 23.7 Å². The minimum absolute atomic E-state index is 0.294. The van der Waals surface area contributed by atoms with Crippen molar-refractivity contribution < 1.29 is 14.3 Å². The van der Waals surface area contributed by atoms with Crippen molar-refractivity contribution in [3.63, 3.8) is 0 Å². The number of nitrogens with zero attached hydrogens (tertiary/aromatic N) is 2. The number of nitrogens with one attached hydrogen (secondary N) is 2. The number of halogens is 1. The number of benzene rings is 2. The molecule has 0 unspecified atom stereocenters. The number of anilines is 2. The molecule has 3 rings (SSSR count). The molecule has 1 aromatic heterocycles. The van der Waals surface area contributed by atoms with Crippen molar-refractivity contribution in [3.8, 4) is 5.69 Å². The number of para-hydroxylation sites is 2. The molecule has 0 atom stereocenters.